The molecule has 0 aliphatic rings. The molecule has 0 bridgehead atoms. The Kier molecular flexibility index (Phi) is 10.6. The number of hydrogen-bond donors (Lipinski definition) is 2. The van der Waals surface area contributed by atoms with Crippen LogP contribution in [0.1, 0.15) is 30.9 Å². The van der Waals surface area contributed by atoms with Gasteiger partial charge in [-0.3, -0.25) is 0 Å². The van der Waals surface area contributed by atoms with Gasteiger partial charge in [-0.25, -0.2) is 4.99 Å². The standard InChI is InChI=1S/C18H24F2N4O3.HI/c1-4-13-9-15(27-24-13)11-23-18(21-5-2)22-10-12-8-14(25-3)6-7-16(12)26-17(19)20;/h6-9,17H,4-5,10-11H2,1-3H3,(H2,21,22,23);1H. The minimum absolute atomic E-state index is 0. The van der Waals surface area contributed by atoms with Crippen LogP contribution in [0.25, 0.3) is 0 Å². The average molecular weight is 510 g/mol. The lowest BCUT2D eigenvalue weighted by atomic mass is 10.2. The number of benzene rings is 1. The third-order valence-electron chi connectivity index (χ3n) is 3.64. The molecule has 0 spiro atoms. The summed E-state index contributed by atoms with van der Waals surface area (Å²) in [5, 5.41) is 10.1. The van der Waals surface area contributed by atoms with E-state index >= 15 is 0 Å². The molecule has 2 aromatic rings. The van der Waals surface area contributed by atoms with E-state index in [0.29, 0.717) is 36.1 Å². The molecule has 0 unspecified atom stereocenters. The summed E-state index contributed by atoms with van der Waals surface area (Å²) in [5.74, 6) is 1.79. The van der Waals surface area contributed by atoms with E-state index in [1.165, 1.54) is 13.2 Å². The normalized spacial score (nSPS) is 11.1. The summed E-state index contributed by atoms with van der Waals surface area (Å²) in [4.78, 5) is 4.42. The number of rotatable bonds is 9. The van der Waals surface area contributed by atoms with Crippen molar-refractivity contribution in [3.8, 4) is 11.5 Å². The summed E-state index contributed by atoms with van der Waals surface area (Å²) >= 11 is 0. The van der Waals surface area contributed by atoms with E-state index in [1.54, 1.807) is 12.1 Å². The molecular weight excluding hydrogens is 485 g/mol. The number of methoxy groups -OCH3 is 1. The summed E-state index contributed by atoms with van der Waals surface area (Å²) in [6.45, 7) is 2.18. The lowest BCUT2D eigenvalue weighted by molar-refractivity contribution is -0.0504. The Morgan fingerprint density at radius 2 is 2.04 bits per heavy atom. The average Bonchev–Trinajstić information content (AvgIpc) is 3.12. The number of nitrogens with zero attached hydrogens (tertiary/aromatic N) is 2. The van der Waals surface area contributed by atoms with E-state index in [4.69, 9.17) is 9.26 Å². The highest BCUT2D eigenvalue weighted by Crippen LogP contribution is 2.26. The zero-order valence-electron chi connectivity index (χ0n) is 16.0. The van der Waals surface area contributed by atoms with Crippen molar-refractivity contribution in [2.24, 2.45) is 4.99 Å². The van der Waals surface area contributed by atoms with Crippen molar-refractivity contribution >= 4 is 29.9 Å². The van der Waals surface area contributed by atoms with Gasteiger partial charge in [0.1, 0.15) is 11.5 Å². The van der Waals surface area contributed by atoms with Crippen LogP contribution < -0.4 is 20.1 Å². The molecule has 1 aromatic heterocycles. The predicted octanol–water partition coefficient (Wildman–Crippen LogP) is 3.72. The van der Waals surface area contributed by atoms with Crippen molar-refractivity contribution in [2.75, 3.05) is 13.7 Å². The highest BCUT2D eigenvalue weighted by atomic mass is 127. The lowest BCUT2D eigenvalue weighted by Gasteiger charge is -2.13. The van der Waals surface area contributed by atoms with Gasteiger partial charge >= 0.3 is 6.61 Å². The summed E-state index contributed by atoms with van der Waals surface area (Å²) in [6, 6.07) is 6.49. The van der Waals surface area contributed by atoms with Gasteiger partial charge in [0.05, 0.1) is 25.9 Å². The second-order valence-electron chi connectivity index (χ2n) is 5.54. The molecule has 7 nitrogen and oxygen atoms in total. The maximum atomic E-state index is 12.6. The van der Waals surface area contributed by atoms with Crippen LogP contribution in [0.5, 0.6) is 11.5 Å². The van der Waals surface area contributed by atoms with Crippen molar-refractivity contribution in [3.63, 3.8) is 0 Å². The number of alkyl halides is 2. The molecule has 10 heteroatoms. The molecule has 1 aromatic carbocycles. The van der Waals surface area contributed by atoms with Crippen LogP contribution in [0.15, 0.2) is 33.8 Å². The molecule has 0 amide bonds. The Labute approximate surface area is 179 Å². The number of aliphatic imine (C=N–C) groups is 1. The topological polar surface area (TPSA) is 80.9 Å². The van der Waals surface area contributed by atoms with Gasteiger partial charge in [-0.15, -0.1) is 24.0 Å². The SMILES string of the molecule is CCNC(=NCc1cc(OC)ccc1OC(F)F)NCc1cc(CC)no1.I. The zero-order chi connectivity index (χ0) is 19.6. The molecule has 0 atom stereocenters. The van der Waals surface area contributed by atoms with E-state index in [9.17, 15) is 8.78 Å². The Balaban J connectivity index is 0.00000392. The van der Waals surface area contributed by atoms with Gasteiger partial charge in [-0.05, 0) is 31.5 Å². The molecule has 0 saturated heterocycles. The van der Waals surface area contributed by atoms with Crippen molar-refractivity contribution in [2.45, 2.75) is 40.0 Å². The van der Waals surface area contributed by atoms with Crippen LogP contribution in [-0.4, -0.2) is 31.4 Å². The fraction of sp³-hybridized carbons (Fsp3) is 0.444. The molecule has 0 aliphatic carbocycles. The molecule has 28 heavy (non-hydrogen) atoms. The fourth-order valence-corrected chi connectivity index (χ4v) is 2.30. The van der Waals surface area contributed by atoms with Gasteiger partial charge in [0.15, 0.2) is 11.7 Å². The number of hydrogen-bond acceptors (Lipinski definition) is 5. The number of aromatic nitrogens is 1. The minimum Gasteiger partial charge on any atom is -0.497 e. The highest BCUT2D eigenvalue weighted by molar-refractivity contribution is 14.0. The molecule has 1 heterocycles. The second-order valence-corrected chi connectivity index (χ2v) is 5.54. The van der Waals surface area contributed by atoms with Crippen molar-refractivity contribution in [1.82, 2.24) is 15.8 Å². The monoisotopic (exact) mass is 510 g/mol. The lowest BCUT2D eigenvalue weighted by Crippen LogP contribution is -2.36. The Morgan fingerprint density at radius 3 is 2.64 bits per heavy atom. The van der Waals surface area contributed by atoms with Gasteiger partial charge in [-0.2, -0.15) is 8.78 Å². The summed E-state index contributed by atoms with van der Waals surface area (Å²) in [6.07, 6.45) is 0.792. The first-order valence-corrected chi connectivity index (χ1v) is 8.64. The number of guanidine groups is 1. The molecule has 2 rings (SSSR count). The summed E-state index contributed by atoms with van der Waals surface area (Å²) in [5.41, 5.74) is 1.36. The first-order chi connectivity index (χ1) is 13.0. The molecule has 0 saturated carbocycles. The molecule has 156 valence electrons. The Bertz CT molecular complexity index is 756. The van der Waals surface area contributed by atoms with E-state index in [1.807, 2.05) is 19.9 Å². The van der Waals surface area contributed by atoms with Gasteiger partial charge in [0.2, 0.25) is 0 Å². The first-order valence-electron chi connectivity index (χ1n) is 8.64. The van der Waals surface area contributed by atoms with Gasteiger partial charge in [0, 0.05) is 18.2 Å². The van der Waals surface area contributed by atoms with Crippen molar-refractivity contribution in [3.05, 3.63) is 41.3 Å². The largest absolute Gasteiger partial charge is 0.497 e. The third-order valence-corrected chi connectivity index (χ3v) is 3.64. The number of halogens is 3. The molecule has 2 N–H and O–H groups in total. The van der Waals surface area contributed by atoms with E-state index in [-0.39, 0.29) is 36.3 Å². The summed E-state index contributed by atoms with van der Waals surface area (Å²) in [7, 11) is 1.50. The summed E-state index contributed by atoms with van der Waals surface area (Å²) < 4.78 is 40.2. The van der Waals surface area contributed by atoms with E-state index in [0.717, 1.165) is 12.1 Å². The Morgan fingerprint density at radius 1 is 1.25 bits per heavy atom. The molecule has 0 aliphatic heterocycles. The van der Waals surface area contributed by atoms with Crippen molar-refractivity contribution < 1.29 is 22.8 Å². The van der Waals surface area contributed by atoms with Crippen molar-refractivity contribution in [1.29, 1.82) is 0 Å². The highest BCUT2D eigenvalue weighted by Gasteiger charge is 2.11. The molecular formula is C18H25F2IN4O3. The van der Waals surface area contributed by atoms with Crippen LogP contribution in [0.4, 0.5) is 8.78 Å². The van der Waals surface area contributed by atoms with E-state index < -0.39 is 6.61 Å². The third kappa shape index (κ3) is 7.49. The van der Waals surface area contributed by atoms with Crippen LogP contribution in [-0.2, 0) is 19.5 Å². The van der Waals surface area contributed by atoms with E-state index in [2.05, 4.69) is 25.5 Å². The van der Waals surface area contributed by atoms with Crippen LogP contribution in [0, 0.1) is 0 Å². The second kappa shape index (κ2) is 12.4. The maximum Gasteiger partial charge on any atom is 0.387 e. The minimum atomic E-state index is -2.91. The number of aryl methyl sites for hydroxylation is 1. The van der Waals surface area contributed by atoms with Gasteiger partial charge in [0.25, 0.3) is 0 Å². The fourth-order valence-electron chi connectivity index (χ4n) is 2.30. The smallest absolute Gasteiger partial charge is 0.387 e. The first kappa shape index (κ1) is 23.9. The quantitative estimate of drug-likeness (QED) is 0.304. The molecule has 0 radical (unpaired) electrons. The van der Waals surface area contributed by atoms with Crippen LogP contribution >= 0.6 is 24.0 Å². The van der Waals surface area contributed by atoms with Gasteiger partial charge < -0.3 is 24.6 Å². The zero-order valence-corrected chi connectivity index (χ0v) is 18.3. The maximum absolute atomic E-state index is 12.6. The van der Waals surface area contributed by atoms with Crippen LogP contribution in [0.2, 0.25) is 0 Å². The Hall–Kier alpha value is -2.11. The molecule has 0 fully saturated rings. The van der Waals surface area contributed by atoms with Crippen LogP contribution in [0.3, 0.4) is 0 Å². The number of nitrogens with one attached hydrogen (secondary N) is 2. The number of ether oxygens (including phenoxy) is 2. The van der Waals surface area contributed by atoms with Gasteiger partial charge in [-0.1, -0.05) is 12.1 Å². The predicted molar refractivity (Wildman–Crippen MR) is 113 cm³/mol.